The van der Waals surface area contributed by atoms with Crippen molar-refractivity contribution in [2.24, 2.45) is 0 Å². The quantitative estimate of drug-likeness (QED) is 0.775. The molecule has 0 radical (unpaired) electrons. The summed E-state index contributed by atoms with van der Waals surface area (Å²) in [5, 5.41) is 21.3. The van der Waals surface area contributed by atoms with Gasteiger partial charge in [-0.2, -0.15) is 0 Å². The summed E-state index contributed by atoms with van der Waals surface area (Å²) in [4.78, 5) is 26.5. The van der Waals surface area contributed by atoms with E-state index >= 15 is 0 Å². The second-order valence-electron chi connectivity index (χ2n) is 4.78. The highest BCUT2D eigenvalue weighted by molar-refractivity contribution is 7.11. The number of hydrogen-bond donors (Lipinski definition) is 3. The SMILES string of the molecule is CCc1ccc(CNC(=O)N2CC(O)CC2C(=O)O)s1. The van der Waals surface area contributed by atoms with Gasteiger partial charge in [0.1, 0.15) is 6.04 Å². The number of β-amino-alcohol motifs (C(OH)–C–C–N with tert-alkyl or cyclic N) is 1. The molecule has 2 heterocycles. The first kappa shape index (κ1) is 14.8. The summed E-state index contributed by atoms with van der Waals surface area (Å²) in [6.45, 7) is 2.51. The van der Waals surface area contributed by atoms with Crippen LogP contribution in [0.1, 0.15) is 23.1 Å². The van der Waals surface area contributed by atoms with Crippen molar-refractivity contribution in [3.05, 3.63) is 21.9 Å². The number of thiophene rings is 1. The van der Waals surface area contributed by atoms with Crippen LogP contribution in [0.25, 0.3) is 0 Å². The first-order valence-electron chi connectivity index (χ1n) is 6.54. The van der Waals surface area contributed by atoms with Gasteiger partial charge in [0.05, 0.1) is 12.6 Å². The van der Waals surface area contributed by atoms with Crippen LogP contribution in [0.4, 0.5) is 4.79 Å². The van der Waals surface area contributed by atoms with Crippen LogP contribution in [0, 0.1) is 0 Å². The molecule has 3 N–H and O–H groups in total. The summed E-state index contributed by atoms with van der Waals surface area (Å²) in [6.07, 6.45) is 0.273. The van der Waals surface area contributed by atoms with Gasteiger partial charge in [0.25, 0.3) is 0 Å². The van der Waals surface area contributed by atoms with Crippen molar-refractivity contribution in [2.45, 2.75) is 38.5 Å². The zero-order valence-electron chi connectivity index (χ0n) is 11.2. The average molecular weight is 298 g/mol. The van der Waals surface area contributed by atoms with Crippen molar-refractivity contribution in [1.82, 2.24) is 10.2 Å². The lowest BCUT2D eigenvalue weighted by molar-refractivity contribution is -0.141. The number of carboxylic acid groups (broad SMARTS) is 1. The fourth-order valence-corrected chi connectivity index (χ4v) is 3.14. The molecule has 0 aromatic carbocycles. The lowest BCUT2D eigenvalue weighted by Crippen LogP contribution is -2.45. The number of amides is 2. The Kier molecular flexibility index (Phi) is 4.61. The van der Waals surface area contributed by atoms with Crippen LogP contribution in [0.15, 0.2) is 12.1 Å². The molecule has 20 heavy (non-hydrogen) atoms. The third-order valence-electron chi connectivity index (χ3n) is 3.30. The van der Waals surface area contributed by atoms with E-state index in [-0.39, 0.29) is 13.0 Å². The number of rotatable bonds is 4. The smallest absolute Gasteiger partial charge is 0.326 e. The summed E-state index contributed by atoms with van der Waals surface area (Å²) in [5.74, 6) is -1.08. The molecular formula is C13H18N2O4S. The van der Waals surface area contributed by atoms with Gasteiger partial charge in [-0.3, -0.25) is 0 Å². The van der Waals surface area contributed by atoms with Crippen molar-refractivity contribution in [1.29, 1.82) is 0 Å². The van der Waals surface area contributed by atoms with Crippen LogP contribution < -0.4 is 5.32 Å². The zero-order valence-corrected chi connectivity index (χ0v) is 12.0. The minimum atomic E-state index is -1.08. The molecular weight excluding hydrogens is 280 g/mol. The maximum Gasteiger partial charge on any atom is 0.326 e. The Labute approximate surface area is 121 Å². The number of nitrogens with one attached hydrogen (secondary N) is 1. The molecule has 0 spiro atoms. The number of carbonyl (C=O) groups excluding carboxylic acids is 1. The molecule has 1 aromatic heterocycles. The molecule has 0 aliphatic carbocycles. The van der Waals surface area contributed by atoms with E-state index in [4.69, 9.17) is 5.11 Å². The summed E-state index contributed by atoms with van der Waals surface area (Å²) >= 11 is 1.63. The van der Waals surface area contributed by atoms with Gasteiger partial charge < -0.3 is 20.4 Å². The van der Waals surface area contributed by atoms with Gasteiger partial charge in [-0.05, 0) is 18.6 Å². The minimum Gasteiger partial charge on any atom is -0.480 e. The molecule has 0 bridgehead atoms. The predicted molar refractivity (Wildman–Crippen MR) is 74.7 cm³/mol. The monoisotopic (exact) mass is 298 g/mol. The molecule has 1 aliphatic rings. The molecule has 2 unspecified atom stereocenters. The fourth-order valence-electron chi connectivity index (χ4n) is 2.24. The number of likely N-dealkylation sites (tertiary alicyclic amines) is 1. The standard InChI is InChI=1S/C13H18N2O4S/c1-2-9-3-4-10(20-9)6-14-13(19)15-7-8(16)5-11(15)12(17)18/h3-4,8,11,16H,2,5-7H2,1H3,(H,14,19)(H,17,18). The maximum absolute atomic E-state index is 12.0. The topological polar surface area (TPSA) is 89.9 Å². The molecule has 1 fully saturated rings. The predicted octanol–water partition coefficient (Wildman–Crippen LogP) is 1.04. The number of urea groups is 1. The Morgan fingerprint density at radius 3 is 2.75 bits per heavy atom. The van der Waals surface area contributed by atoms with Gasteiger partial charge in [0.2, 0.25) is 0 Å². The zero-order chi connectivity index (χ0) is 14.7. The molecule has 6 nitrogen and oxygen atoms in total. The number of aliphatic carboxylic acids is 1. The van der Waals surface area contributed by atoms with Crippen LogP contribution in [-0.4, -0.2) is 45.8 Å². The van der Waals surface area contributed by atoms with E-state index in [1.54, 1.807) is 11.3 Å². The maximum atomic E-state index is 12.0. The first-order valence-corrected chi connectivity index (χ1v) is 7.35. The van der Waals surface area contributed by atoms with Gasteiger partial charge in [-0.15, -0.1) is 11.3 Å². The van der Waals surface area contributed by atoms with E-state index in [1.807, 2.05) is 12.1 Å². The normalized spacial score (nSPS) is 22.0. The van der Waals surface area contributed by atoms with Crippen LogP contribution >= 0.6 is 11.3 Å². The number of hydrogen-bond acceptors (Lipinski definition) is 4. The Morgan fingerprint density at radius 2 is 2.15 bits per heavy atom. The van der Waals surface area contributed by atoms with Gasteiger partial charge in [0.15, 0.2) is 0 Å². The van der Waals surface area contributed by atoms with Crippen molar-refractivity contribution in [3.8, 4) is 0 Å². The van der Waals surface area contributed by atoms with E-state index in [0.29, 0.717) is 6.54 Å². The largest absolute Gasteiger partial charge is 0.480 e. The van der Waals surface area contributed by atoms with Crippen LogP contribution in [0.5, 0.6) is 0 Å². The van der Waals surface area contributed by atoms with Gasteiger partial charge in [-0.25, -0.2) is 9.59 Å². The molecule has 7 heteroatoms. The first-order chi connectivity index (χ1) is 9.51. The van der Waals surface area contributed by atoms with Gasteiger partial charge in [-0.1, -0.05) is 6.92 Å². The molecule has 2 amide bonds. The number of aliphatic hydroxyl groups excluding tert-OH is 1. The van der Waals surface area contributed by atoms with E-state index in [2.05, 4.69) is 12.2 Å². The van der Waals surface area contributed by atoms with Crippen LogP contribution in [-0.2, 0) is 17.8 Å². The Morgan fingerprint density at radius 1 is 1.45 bits per heavy atom. The van der Waals surface area contributed by atoms with Crippen molar-refractivity contribution in [3.63, 3.8) is 0 Å². The van der Waals surface area contributed by atoms with Crippen LogP contribution in [0.3, 0.4) is 0 Å². The molecule has 1 saturated heterocycles. The molecule has 1 aromatic rings. The van der Waals surface area contributed by atoms with Crippen molar-refractivity contribution >= 4 is 23.3 Å². The number of aryl methyl sites for hydroxylation is 1. The number of aliphatic hydroxyl groups is 1. The Bertz CT molecular complexity index is 502. The summed E-state index contributed by atoms with van der Waals surface area (Å²) in [5.41, 5.74) is 0. The average Bonchev–Trinajstić information content (AvgIpc) is 3.02. The van der Waals surface area contributed by atoms with Crippen molar-refractivity contribution < 1.29 is 19.8 Å². The highest BCUT2D eigenvalue weighted by Gasteiger charge is 2.38. The highest BCUT2D eigenvalue weighted by Crippen LogP contribution is 2.19. The summed E-state index contributed by atoms with van der Waals surface area (Å²) in [6, 6.07) is 2.59. The van der Waals surface area contributed by atoms with Gasteiger partial charge >= 0.3 is 12.0 Å². The Hall–Kier alpha value is -1.60. The molecule has 2 rings (SSSR count). The second kappa shape index (κ2) is 6.23. The highest BCUT2D eigenvalue weighted by atomic mass is 32.1. The molecule has 2 atom stereocenters. The molecule has 0 saturated carbocycles. The van der Waals surface area contributed by atoms with E-state index in [9.17, 15) is 14.7 Å². The summed E-state index contributed by atoms with van der Waals surface area (Å²) in [7, 11) is 0. The van der Waals surface area contributed by atoms with E-state index in [0.717, 1.165) is 11.3 Å². The number of carbonyl (C=O) groups is 2. The second-order valence-corrected chi connectivity index (χ2v) is 6.03. The lowest BCUT2D eigenvalue weighted by atomic mass is 10.2. The number of nitrogens with zero attached hydrogens (tertiary/aromatic N) is 1. The van der Waals surface area contributed by atoms with Crippen molar-refractivity contribution in [2.75, 3.05) is 6.54 Å². The van der Waals surface area contributed by atoms with Crippen LogP contribution in [0.2, 0.25) is 0 Å². The van der Waals surface area contributed by atoms with Gasteiger partial charge in [0, 0.05) is 22.7 Å². The third kappa shape index (κ3) is 3.29. The lowest BCUT2D eigenvalue weighted by Gasteiger charge is -2.21. The fraction of sp³-hybridized carbons (Fsp3) is 0.538. The third-order valence-corrected chi connectivity index (χ3v) is 4.53. The number of carboxylic acids is 1. The minimum absolute atomic E-state index is 0.0629. The molecule has 110 valence electrons. The van der Waals surface area contributed by atoms with E-state index < -0.39 is 24.1 Å². The van der Waals surface area contributed by atoms with E-state index in [1.165, 1.54) is 9.78 Å². The molecule has 1 aliphatic heterocycles. The summed E-state index contributed by atoms with van der Waals surface area (Å²) < 4.78 is 0. The Balaban J connectivity index is 1.92.